The highest BCUT2D eigenvalue weighted by Crippen LogP contribution is 2.19. The first kappa shape index (κ1) is 24.3. The van der Waals surface area contributed by atoms with Gasteiger partial charge in [-0.1, -0.05) is 42.5 Å². The number of hydrogen-bond acceptors (Lipinski definition) is 5. The predicted molar refractivity (Wildman–Crippen MR) is 124 cm³/mol. The number of benzene rings is 2. The molecule has 31 heavy (non-hydrogen) atoms. The van der Waals surface area contributed by atoms with E-state index in [9.17, 15) is 14.9 Å². The molecule has 0 saturated heterocycles. The maximum Gasteiger partial charge on any atom is 0.313 e. The first-order valence-corrected chi connectivity index (χ1v) is 10.5. The fourth-order valence-electron chi connectivity index (χ4n) is 2.76. The third-order valence-corrected chi connectivity index (χ3v) is 4.88. The smallest absolute Gasteiger partial charge is 0.313 e. The average molecular weight is 444 g/mol. The monoisotopic (exact) mass is 443 g/mol. The zero-order chi connectivity index (χ0) is 23.0. The van der Waals surface area contributed by atoms with E-state index in [1.165, 1.54) is 12.1 Å². The average Bonchev–Trinajstić information content (AvgIpc) is 2.72. The van der Waals surface area contributed by atoms with Crippen LogP contribution in [0.3, 0.4) is 0 Å². The van der Waals surface area contributed by atoms with E-state index in [1.54, 1.807) is 32.9 Å². The molecule has 0 heterocycles. The van der Waals surface area contributed by atoms with Gasteiger partial charge in [0, 0.05) is 18.6 Å². The van der Waals surface area contributed by atoms with Crippen LogP contribution in [0.15, 0.2) is 54.6 Å². The van der Waals surface area contributed by atoms with Crippen LogP contribution in [0.2, 0.25) is 0 Å². The van der Waals surface area contributed by atoms with E-state index < -0.39 is 16.6 Å². The van der Waals surface area contributed by atoms with Crippen LogP contribution < -0.4 is 10.6 Å². The van der Waals surface area contributed by atoms with Gasteiger partial charge in [-0.2, -0.15) is 0 Å². The number of nitro benzene ring substituents is 1. The Kier molecular flexibility index (Phi) is 8.50. The van der Waals surface area contributed by atoms with Crippen LogP contribution in [0.25, 0.3) is 0 Å². The van der Waals surface area contributed by atoms with E-state index in [0.29, 0.717) is 11.5 Å². The van der Waals surface area contributed by atoms with Gasteiger partial charge >= 0.3 is 5.97 Å². The molecule has 0 amide bonds. The molecule has 2 rings (SSSR count). The molecule has 1 unspecified atom stereocenters. The summed E-state index contributed by atoms with van der Waals surface area (Å²) in [5, 5.41) is 17.4. The Balaban J connectivity index is 2.00. The molecular formula is C23H29N3O4S. The Morgan fingerprint density at radius 3 is 2.26 bits per heavy atom. The highest BCUT2D eigenvalue weighted by Gasteiger charge is 2.27. The number of carbonyl (C=O) groups is 1. The zero-order valence-corrected chi connectivity index (χ0v) is 19.1. The summed E-state index contributed by atoms with van der Waals surface area (Å²) in [6.45, 7) is 7.31. The van der Waals surface area contributed by atoms with Crippen LogP contribution in [0.4, 0.5) is 5.69 Å². The van der Waals surface area contributed by atoms with Crippen molar-refractivity contribution in [3.63, 3.8) is 0 Å². The lowest BCUT2D eigenvalue weighted by Crippen LogP contribution is -2.46. The molecule has 0 spiro atoms. The maximum atomic E-state index is 12.4. The molecule has 2 N–H and O–H groups in total. The van der Waals surface area contributed by atoms with Crippen molar-refractivity contribution in [2.45, 2.75) is 52.8 Å². The number of thiocarbonyl (C=S) groups is 1. The molecule has 2 aromatic rings. The van der Waals surface area contributed by atoms with Crippen LogP contribution >= 0.6 is 12.2 Å². The summed E-state index contributed by atoms with van der Waals surface area (Å²) >= 11 is 5.43. The number of esters is 1. The van der Waals surface area contributed by atoms with Gasteiger partial charge in [-0.05, 0) is 57.5 Å². The standard InChI is InChI=1S/C23H29N3O4S/c1-16(18-11-13-19(14-12-18)26(28)29)24-22(31)25-20(30-21(27)23(2,3)4)15-10-17-8-6-5-7-9-17/h5-9,11-14,16,20H,10,15H2,1-4H3,(H2,24,25,31)/t16-,20?/m0/s1. The van der Waals surface area contributed by atoms with Crippen LogP contribution in [0, 0.1) is 15.5 Å². The van der Waals surface area contributed by atoms with Gasteiger partial charge in [-0.25, -0.2) is 0 Å². The Bertz CT molecular complexity index is 895. The molecule has 0 saturated carbocycles. The highest BCUT2D eigenvalue weighted by atomic mass is 32.1. The summed E-state index contributed by atoms with van der Waals surface area (Å²) in [6, 6.07) is 16.0. The molecule has 0 aliphatic heterocycles. The van der Waals surface area contributed by atoms with Crippen molar-refractivity contribution in [3.8, 4) is 0 Å². The highest BCUT2D eigenvalue weighted by molar-refractivity contribution is 7.80. The summed E-state index contributed by atoms with van der Waals surface area (Å²) in [4.78, 5) is 22.8. The number of rotatable bonds is 8. The van der Waals surface area contributed by atoms with E-state index in [4.69, 9.17) is 17.0 Å². The largest absolute Gasteiger partial charge is 0.441 e. The van der Waals surface area contributed by atoms with Gasteiger partial charge in [0.15, 0.2) is 11.3 Å². The molecule has 2 aromatic carbocycles. The number of ether oxygens (including phenoxy) is 1. The van der Waals surface area contributed by atoms with Crippen LogP contribution in [-0.2, 0) is 16.0 Å². The SMILES string of the molecule is C[C@H](NC(=S)NC(CCc1ccccc1)OC(=O)C(C)(C)C)c1ccc([N+](=O)[O-])cc1. The minimum Gasteiger partial charge on any atom is -0.441 e. The van der Waals surface area contributed by atoms with Crippen molar-refractivity contribution in [3.05, 3.63) is 75.8 Å². The minimum atomic E-state index is -0.631. The van der Waals surface area contributed by atoms with Crippen molar-refractivity contribution in [2.75, 3.05) is 0 Å². The first-order valence-electron chi connectivity index (χ1n) is 10.1. The molecule has 7 nitrogen and oxygen atoms in total. The second-order valence-electron chi connectivity index (χ2n) is 8.36. The fraction of sp³-hybridized carbons (Fsp3) is 0.391. The van der Waals surface area contributed by atoms with Crippen LogP contribution in [-0.4, -0.2) is 22.2 Å². The maximum absolute atomic E-state index is 12.4. The van der Waals surface area contributed by atoms with E-state index in [2.05, 4.69) is 10.6 Å². The number of carbonyl (C=O) groups excluding carboxylic acids is 1. The van der Waals surface area contributed by atoms with Crippen molar-refractivity contribution >= 4 is 29.0 Å². The Hall–Kier alpha value is -3.00. The zero-order valence-electron chi connectivity index (χ0n) is 18.3. The number of hydrogen-bond donors (Lipinski definition) is 2. The number of aryl methyl sites for hydroxylation is 1. The Morgan fingerprint density at radius 2 is 1.71 bits per heavy atom. The lowest BCUT2D eigenvalue weighted by atomic mass is 9.97. The normalized spacial score (nSPS) is 13.0. The summed E-state index contributed by atoms with van der Waals surface area (Å²) < 4.78 is 5.68. The summed E-state index contributed by atoms with van der Waals surface area (Å²) in [5.74, 6) is -0.315. The van der Waals surface area contributed by atoms with Gasteiger partial charge in [0.25, 0.3) is 5.69 Å². The minimum absolute atomic E-state index is 0.0340. The third kappa shape index (κ3) is 7.97. The predicted octanol–water partition coefficient (Wildman–Crippen LogP) is 4.67. The van der Waals surface area contributed by atoms with Gasteiger partial charge in [-0.15, -0.1) is 0 Å². The number of nitro groups is 1. The van der Waals surface area contributed by atoms with Gasteiger partial charge in [0.05, 0.1) is 16.4 Å². The summed E-state index contributed by atoms with van der Waals surface area (Å²) in [7, 11) is 0. The molecule has 0 aliphatic rings. The van der Waals surface area contributed by atoms with Crippen molar-refractivity contribution in [2.24, 2.45) is 5.41 Å². The number of non-ortho nitro benzene ring substituents is 1. The topological polar surface area (TPSA) is 93.5 Å². The van der Waals surface area contributed by atoms with Gasteiger partial charge in [0.1, 0.15) is 0 Å². The third-order valence-electron chi connectivity index (χ3n) is 4.64. The second kappa shape index (κ2) is 10.9. The van der Waals surface area contributed by atoms with Gasteiger partial charge in [0.2, 0.25) is 0 Å². The Labute approximate surface area is 188 Å². The molecule has 166 valence electrons. The van der Waals surface area contributed by atoms with Crippen molar-refractivity contribution in [1.82, 2.24) is 10.6 Å². The molecule has 0 fully saturated rings. The quantitative estimate of drug-likeness (QED) is 0.201. The van der Waals surface area contributed by atoms with Gasteiger partial charge in [-0.3, -0.25) is 14.9 Å². The lowest BCUT2D eigenvalue weighted by molar-refractivity contribution is -0.384. The molecule has 0 bridgehead atoms. The molecule has 0 radical (unpaired) electrons. The molecule has 0 aromatic heterocycles. The fourth-order valence-corrected chi connectivity index (χ4v) is 3.07. The summed E-state index contributed by atoms with van der Waals surface area (Å²) in [5.41, 5.74) is 1.39. The van der Waals surface area contributed by atoms with E-state index >= 15 is 0 Å². The molecule has 0 aliphatic carbocycles. The molecular weight excluding hydrogens is 414 g/mol. The first-order chi connectivity index (χ1) is 14.6. The molecule has 8 heteroatoms. The Morgan fingerprint density at radius 1 is 1.10 bits per heavy atom. The van der Waals surface area contributed by atoms with Gasteiger partial charge < -0.3 is 15.4 Å². The van der Waals surface area contributed by atoms with Crippen LogP contribution in [0.5, 0.6) is 0 Å². The number of nitrogens with zero attached hydrogens (tertiary/aromatic N) is 1. The molecule has 2 atom stereocenters. The van der Waals surface area contributed by atoms with E-state index in [0.717, 1.165) is 17.5 Å². The van der Waals surface area contributed by atoms with E-state index in [-0.39, 0.29) is 17.7 Å². The summed E-state index contributed by atoms with van der Waals surface area (Å²) in [6.07, 6.45) is 0.687. The van der Waals surface area contributed by atoms with Crippen molar-refractivity contribution in [1.29, 1.82) is 0 Å². The number of nitrogens with one attached hydrogen (secondary N) is 2. The van der Waals surface area contributed by atoms with E-state index in [1.807, 2.05) is 37.3 Å². The lowest BCUT2D eigenvalue weighted by Gasteiger charge is -2.26. The van der Waals surface area contributed by atoms with Crippen LogP contribution in [0.1, 0.15) is 51.3 Å². The van der Waals surface area contributed by atoms with Crippen molar-refractivity contribution < 1.29 is 14.5 Å². The second-order valence-corrected chi connectivity index (χ2v) is 8.76.